The minimum atomic E-state index is -3.28. The molecule has 1 aromatic rings. The quantitative estimate of drug-likeness (QED) is 0.621. The Balaban J connectivity index is 2.57. The van der Waals surface area contributed by atoms with Crippen molar-refractivity contribution in [2.24, 2.45) is 0 Å². The molecular formula is C10H17ClN2O2S2. The fourth-order valence-corrected chi connectivity index (χ4v) is 3.64. The van der Waals surface area contributed by atoms with Crippen molar-refractivity contribution in [1.82, 2.24) is 4.98 Å². The molecule has 0 bridgehead atoms. The van der Waals surface area contributed by atoms with E-state index in [4.69, 9.17) is 11.6 Å². The second-order valence-corrected chi connectivity index (χ2v) is 7.13. The smallest absolute Gasteiger partial charge is 0.234 e. The summed E-state index contributed by atoms with van der Waals surface area (Å²) in [6, 6.07) is 0. The van der Waals surface area contributed by atoms with Crippen molar-refractivity contribution >= 4 is 38.1 Å². The maximum absolute atomic E-state index is 11.7. The van der Waals surface area contributed by atoms with Gasteiger partial charge in [0.15, 0.2) is 5.13 Å². The lowest BCUT2D eigenvalue weighted by molar-refractivity contribution is 0.598. The third-order valence-electron chi connectivity index (χ3n) is 2.15. The molecule has 0 radical (unpaired) electrons. The van der Waals surface area contributed by atoms with Gasteiger partial charge in [0.25, 0.3) is 0 Å². The van der Waals surface area contributed by atoms with E-state index in [0.717, 1.165) is 5.69 Å². The lowest BCUT2D eigenvalue weighted by Crippen LogP contribution is -2.16. The summed E-state index contributed by atoms with van der Waals surface area (Å²) in [7, 11) is -3.28. The average Bonchev–Trinajstić information content (AvgIpc) is 2.65. The Kier molecular flexibility index (Phi) is 5.69. The Morgan fingerprint density at radius 3 is 2.71 bits per heavy atom. The van der Waals surface area contributed by atoms with E-state index in [0.29, 0.717) is 29.8 Å². The Hall–Kier alpha value is -0.330. The molecule has 0 amide bonds. The molecule has 0 saturated carbocycles. The number of sulfonamides is 1. The van der Waals surface area contributed by atoms with Crippen LogP contribution in [0.15, 0.2) is 5.38 Å². The highest BCUT2D eigenvalue weighted by Crippen LogP contribution is 2.22. The molecule has 1 rings (SSSR count). The van der Waals surface area contributed by atoms with Crippen LogP contribution < -0.4 is 4.72 Å². The van der Waals surface area contributed by atoms with Crippen LogP contribution in [0.25, 0.3) is 0 Å². The third-order valence-corrected chi connectivity index (χ3v) is 4.66. The van der Waals surface area contributed by atoms with Crippen molar-refractivity contribution in [1.29, 1.82) is 0 Å². The first-order valence-electron chi connectivity index (χ1n) is 5.46. The molecule has 0 atom stereocenters. The molecule has 0 unspecified atom stereocenters. The zero-order valence-electron chi connectivity index (χ0n) is 9.94. The highest BCUT2D eigenvalue weighted by atomic mass is 35.5. The van der Waals surface area contributed by atoms with Gasteiger partial charge >= 0.3 is 0 Å². The van der Waals surface area contributed by atoms with E-state index in [1.807, 2.05) is 19.2 Å². The molecule has 0 saturated heterocycles. The van der Waals surface area contributed by atoms with Crippen LogP contribution in [0.3, 0.4) is 0 Å². The molecule has 0 spiro atoms. The Labute approximate surface area is 111 Å². The summed E-state index contributed by atoms with van der Waals surface area (Å²) in [6.45, 7) is 4.04. The van der Waals surface area contributed by atoms with Gasteiger partial charge in [-0.3, -0.25) is 4.72 Å². The number of nitrogens with zero attached hydrogens (tertiary/aromatic N) is 1. The normalized spacial score (nSPS) is 12.0. The van der Waals surface area contributed by atoms with Gasteiger partial charge in [-0.1, -0.05) is 13.8 Å². The molecule has 0 aliphatic rings. The monoisotopic (exact) mass is 296 g/mol. The van der Waals surface area contributed by atoms with Gasteiger partial charge < -0.3 is 0 Å². The molecule has 0 aromatic carbocycles. The molecular weight excluding hydrogens is 280 g/mol. The molecule has 1 heterocycles. The van der Waals surface area contributed by atoms with Crippen LogP contribution in [0.5, 0.6) is 0 Å². The molecule has 4 nitrogen and oxygen atoms in total. The summed E-state index contributed by atoms with van der Waals surface area (Å²) in [5.41, 5.74) is 0.911. The first kappa shape index (κ1) is 14.7. The Morgan fingerprint density at radius 1 is 1.47 bits per heavy atom. The van der Waals surface area contributed by atoms with Crippen LogP contribution in [0, 0.1) is 0 Å². The van der Waals surface area contributed by atoms with Gasteiger partial charge in [-0.15, -0.1) is 22.9 Å². The molecule has 0 aliphatic heterocycles. The average molecular weight is 297 g/mol. The SMILES string of the molecule is CC(C)c1csc(NS(=O)(=O)CCCCCl)n1. The number of hydrogen-bond donors (Lipinski definition) is 1. The number of thiazole rings is 1. The predicted octanol–water partition coefficient (Wildman–Crippen LogP) is 3.03. The second-order valence-electron chi connectivity index (χ2n) is 4.05. The fraction of sp³-hybridized carbons (Fsp3) is 0.700. The van der Waals surface area contributed by atoms with Gasteiger partial charge in [0, 0.05) is 11.3 Å². The number of hydrogen-bond acceptors (Lipinski definition) is 4. The van der Waals surface area contributed by atoms with E-state index in [9.17, 15) is 8.42 Å². The van der Waals surface area contributed by atoms with Gasteiger partial charge in [-0.05, 0) is 18.8 Å². The fourth-order valence-electron chi connectivity index (χ4n) is 1.17. The minimum Gasteiger partial charge on any atom is -0.259 e. The summed E-state index contributed by atoms with van der Waals surface area (Å²) in [6.07, 6.45) is 1.28. The highest BCUT2D eigenvalue weighted by Gasteiger charge is 2.13. The lowest BCUT2D eigenvalue weighted by atomic mass is 10.2. The van der Waals surface area contributed by atoms with Crippen molar-refractivity contribution in [3.05, 3.63) is 11.1 Å². The van der Waals surface area contributed by atoms with Crippen LogP contribution >= 0.6 is 22.9 Å². The van der Waals surface area contributed by atoms with Gasteiger partial charge in [-0.25, -0.2) is 13.4 Å². The summed E-state index contributed by atoms with van der Waals surface area (Å²) in [5, 5.41) is 2.32. The van der Waals surface area contributed by atoms with Crippen LogP contribution in [0.2, 0.25) is 0 Å². The van der Waals surface area contributed by atoms with Crippen LogP contribution in [-0.4, -0.2) is 25.0 Å². The van der Waals surface area contributed by atoms with Gasteiger partial charge in [0.2, 0.25) is 10.0 Å². The predicted molar refractivity (Wildman–Crippen MR) is 73.6 cm³/mol. The standard InChI is InChI=1S/C10H17ClN2O2S2/c1-8(2)9-7-16-10(12-9)13-17(14,15)6-4-3-5-11/h7-8H,3-6H2,1-2H3,(H,12,13). The van der Waals surface area contributed by atoms with E-state index in [2.05, 4.69) is 9.71 Å². The van der Waals surface area contributed by atoms with Crippen LogP contribution in [0.4, 0.5) is 5.13 Å². The number of nitrogens with one attached hydrogen (secondary N) is 1. The lowest BCUT2D eigenvalue weighted by Gasteiger charge is -2.04. The first-order valence-corrected chi connectivity index (χ1v) is 8.53. The first-order chi connectivity index (χ1) is 7.94. The molecule has 0 aliphatic carbocycles. The van der Waals surface area contributed by atoms with E-state index in [-0.39, 0.29) is 5.75 Å². The number of aromatic nitrogens is 1. The molecule has 1 N–H and O–H groups in total. The summed E-state index contributed by atoms with van der Waals surface area (Å²) in [4.78, 5) is 4.23. The molecule has 7 heteroatoms. The van der Waals surface area contributed by atoms with Gasteiger partial charge in [0.05, 0.1) is 11.4 Å². The van der Waals surface area contributed by atoms with E-state index < -0.39 is 10.0 Å². The topological polar surface area (TPSA) is 59.1 Å². The summed E-state index contributed by atoms with van der Waals surface area (Å²) in [5.74, 6) is 0.890. The largest absolute Gasteiger partial charge is 0.259 e. The van der Waals surface area contributed by atoms with Crippen molar-refractivity contribution in [3.63, 3.8) is 0 Å². The van der Waals surface area contributed by atoms with Crippen molar-refractivity contribution in [3.8, 4) is 0 Å². The van der Waals surface area contributed by atoms with Crippen molar-refractivity contribution < 1.29 is 8.42 Å². The Bertz CT molecular complexity index is 443. The second kappa shape index (κ2) is 6.56. The highest BCUT2D eigenvalue weighted by molar-refractivity contribution is 7.92. The molecule has 0 fully saturated rings. The number of alkyl halides is 1. The van der Waals surface area contributed by atoms with Crippen LogP contribution in [0.1, 0.15) is 38.3 Å². The van der Waals surface area contributed by atoms with Crippen LogP contribution in [-0.2, 0) is 10.0 Å². The zero-order chi connectivity index (χ0) is 12.9. The molecule has 1 aromatic heterocycles. The van der Waals surface area contributed by atoms with E-state index in [1.165, 1.54) is 11.3 Å². The van der Waals surface area contributed by atoms with Gasteiger partial charge in [-0.2, -0.15) is 0 Å². The number of halogens is 1. The maximum atomic E-state index is 11.7. The summed E-state index contributed by atoms with van der Waals surface area (Å²) < 4.78 is 25.8. The van der Waals surface area contributed by atoms with Gasteiger partial charge in [0.1, 0.15) is 0 Å². The number of anilines is 1. The molecule has 17 heavy (non-hydrogen) atoms. The summed E-state index contributed by atoms with van der Waals surface area (Å²) >= 11 is 6.82. The van der Waals surface area contributed by atoms with E-state index >= 15 is 0 Å². The Morgan fingerprint density at radius 2 is 2.18 bits per heavy atom. The minimum absolute atomic E-state index is 0.0936. The molecule has 98 valence electrons. The third kappa shape index (κ3) is 5.23. The van der Waals surface area contributed by atoms with Crippen molar-refractivity contribution in [2.75, 3.05) is 16.4 Å². The zero-order valence-corrected chi connectivity index (χ0v) is 12.3. The number of rotatable bonds is 7. The van der Waals surface area contributed by atoms with Crippen molar-refractivity contribution in [2.45, 2.75) is 32.6 Å². The number of unbranched alkanes of at least 4 members (excludes halogenated alkanes) is 1. The maximum Gasteiger partial charge on any atom is 0.234 e. The van der Waals surface area contributed by atoms with E-state index in [1.54, 1.807) is 0 Å².